The van der Waals surface area contributed by atoms with Gasteiger partial charge in [-0.1, -0.05) is 42.5 Å². The van der Waals surface area contributed by atoms with Crippen molar-refractivity contribution in [3.8, 4) is 11.9 Å². The lowest BCUT2D eigenvalue weighted by Gasteiger charge is -2.03. The van der Waals surface area contributed by atoms with E-state index in [-0.39, 0.29) is 11.6 Å². The monoisotopic (exact) mass is 310 g/mol. The van der Waals surface area contributed by atoms with E-state index in [1.165, 1.54) is 0 Å². The Morgan fingerprint density at radius 3 is 2.58 bits per heavy atom. The van der Waals surface area contributed by atoms with Gasteiger partial charge in [0.05, 0.1) is 29.6 Å². The number of nitrogens with zero attached hydrogens (tertiary/aromatic N) is 3. The Kier molecular flexibility index (Phi) is 2.94. The van der Waals surface area contributed by atoms with Gasteiger partial charge in [-0.3, -0.25) is 4.99 Å². The van der Waals surface area contributed by atoms with Crippen molar-refractivity contribution in [2.45, 2.75) is 0 Å². The summed E-state index contributed by atoms with van der Waals surface area (Å²) in [6.07, 6.45) is 0. The van der Waals surface area contributed by atoms with Crippen molar-refractivity contribution < 1.29 is 5.11 Å². The van der Waals surface area contributed by atoms with Crippen LogP contribution in [-0.4, -0.2) is 15.8 Å². The number of rotatable bonds is 1. The van der Waals surface area contributed by atoms with E-state index in [0.717, 1.165) is 22.0 Å². The minimum Gasteiger partial charge on any atom is -0.494 e. The molecule has 2 aromatic carbocycles. The number of hydrogen-bond donors (Lipinski definition) is 2. The van der Waals surface area contributed by atoms with Crippen molar-refractivity contribution >= 4 is 22.3 Å². The molecular weight excluding hydrogens is 300 g/mol. The SMILES string of the molecule is [C-]#[N+]/C(C#N)=C1\N=C(c2c(O)[nH]c3ccccc23)c2ccccc21. The Bertz CT molecular complexity index is 1120. The van der Waals surface area contributed by atoms with Crippen LogP contribution in [0, 0.1) is 17.9 Å². The fraction of sp³-hybridized carbons (Fsp3) is 0. The first-order valence-electron chi connectivity index (χ1n) is 7.25. The predicted octanol–water partition coefficient (Wildman–Crippen LogP) is 3.84. The number of aliphatic imine (C=N–C) groups is 1. The molecule has 112 valence electrons. The van der Waals surface area contributed by atoms with Gasteiger partial charge in [-0.05, 0) is 11.6 Å². The van der Waals surface area contributed by atoms with E-state index in [0.29, 0.717) is 17.0 Å². The van der Waals surface area contributed by atoms with Crippen LogP contribution in [0.5, 0.6) is 5.88 Å². The molecule has 5 nitrogen and oxygen atoms in total. The van der Waals surface area contributed by atoms with E-state index < -0.39 is 0 Å². The second-order valence-electron chi connectivity index (χ2n) is 5.32. The number of fused-ring (bicyclic) bond motifs is 2. The zero-order chi connectivity index (χ0) is 16.7. The predicted molar refractivity (Wildman–Crippen MR) is 91.2 cm³/mol. The molecule has 0 fully saturated rings. The van der Waals surface area contributed by atoms with Crippen molar-refractivity contribution in [3.63, 3.8) is 0 Å². The van der Waals surface area contributed by atoms with E-state index in [1.807, 2.05) is 54.6 Å². The van der Waals surface area contributed by atoms with Crippen molar-refractivity contribution in [1.29, 1.82) is 5.26 Å². The molecule has 24 heavy (non-hydrogen) atoms. The number of para-hydroxylation sites is 1. The number of aromatic hydroxyl groups is 1. The number of nitrogens with one attached hydrogen (secondary N) is 1. The van der Waals surface area contributed by atoms with Crippen LogP contribution in [0.15, 0.2) is 59.2 Å². The number of hydrogen-bond acceptors (Lipinski definition) is 3. The molecule has 0 amide bonds. The van der Waals surface area contributed by atoms with Crippen LogP contribution >= 0.6 is 0 Å². The first-order valence-corrected chi connectivity index (χ1v) is 7.25. The molecule has 1 aliphatic heterocycles. The van der Waals surface area contributed by atoms with Crippen molar-refractivity contribution in [1.82, 2.24) is 4.98 Å². The molecular formula is C19H10N4O. The molecule has 1 aliphatic rings. The van der Waals surface area contributed by atoms with Crippen LogP contribution in [0.3, 0.4) is 0 Å². The molecule has 0 saturated carbocycles. The number of allylic oxidation sites excluding steroid dienone is 1. The number of nitriles is 1. The van der Waals surface area contributed by atoms with Gasteiger partial charge < -0.3 is 10.1 Å². The summed E-state index contributed by atoms with van der Waals surface area (Å²) in [6.45, 7) is 7.20. The number of benzene rings is 2. The van der Waals surface area contributed by atoms with E-state index >= 15 is 0 Å². The summed E-state index contributed by atoms with van der Waals surface area (Å²) >= 11 is 0. The molecule has 2 N–H and O–H groups in total. The Balaban J connectivity index is 2.08. The van der Waals surface area contributed by atoms with Crippen LogP contribution in [0.4, 0.5) is 0 Å². The standard InChI is InChI=1S/C19H10N4O/c1-21-15(10-20)17-11-6-2-3-7-12(11)18(23-17)16-13-8-4-5-9-14(13)22-19(16)24/h2-9,22,24H/b17-15-. The molecule has 4 rings (SSSR count). The smallest absolute Gasteiger partial charge is 0.287 e. The average molecular weight is 310 g/mol. The van der Waals surface area contributed by atoms with Gasteiger partial charge in [0.1, 0.15) is 0 Å². The van der Waals surface area contributed by atoms with Gasteiger partial charge in [-0.25, -0.2) is 10.1 Å². The molecule has 3 aromatic rings. The average Bonchev–Trinajstić information content (AvgIpc) is 3.13. The molecule has 0 atom stereocenters. The lowest BCUT2D eigenvalue weighted by Crippen LogP contribution is -2.00. The molecule has 5 heteroatoms. The molecule has 0 aliphatic carbocycles. The summed E-state index contributed by atoms with van der Waals surface area (Å²) in [4.78, 5) is 10.8. The van der Waals surface area contributed by atoms with E-state index in [4.69, 9.17) is 6.57 Å². The lowest BCUT2D eigenvalue weighted by molar-refractivity contribution is 0.457. The number of aromatic amines is 1. The fourth-order valence-corrected chi connectivity index (χ4v) is 3.00. The van der Waals surface area contributed by atoms with Gasteiger partial charge in [-0.2, -0.15) is 0 Å². The topological polar surface area (TPSA) is 76.5 Å². The van der Waals surface area contributed by atoms with Gasteiger partial charge in [0, 0.05) is 16.5 Å². The zero-order valence-corrected chi connectivity index (χ0v) is 12.4. The molecule has 0 radical (unpaired) electrons. The maximum Gasteiger partial charge on any atom is 0.287 e. The summed E-state index contributed by atoms with van der Waals surface area (Å²) in [6, 6.07) is 16.8. The van der Waals surface area contributed by atoms with Crippen LogP contribution < -0.4 is 0 Å². The third-order valence-electron chi connectivity index (χ3n) is 4.03. The molecule has 0 spiro atoms. The minimum absolute atomic E-state index is 0.0207. The molecule has 2 heterocycles. The van der Waals surface area contributed by atoms with Crippen LogP contribution in [0.1, 0.15) is 16.7 Å². The lowest BCUT2D eigenvalue weighted by atomic mass is 9.98. The summed E-state index contributed by atoms with van der Waals surface area (Å²) in [7, 11) is 0. The Morgan fingerprint density at radius 2 is 1.83 bits per heavy atom. The maximum absolute atomic E-state index is 10.4. The highest BCUT2D eigenvalue weighted by Gasteiger charge is 2.27. The molecule has 0 bridgehead atoms. The van der Waals surface area contributed by atoms with Crippen LogP contribution in [0.25, 0.3) is 21.4 Å². The fourth-order valence-electron chi connectivity index (χ4n) is 3.00. The maximum atomic E-state index is 10.4. The first-order chi connectivity index (χ1) is 11.7. The van der Waals surface area contributed by atoms with Gasteiger partial charge in [0.2, 0.25) is 0 Å². The normalized spacial score (nSPS) is 14.7. The van der Waals surface area contributed by atoms with Crippen LogP contribution in [-0.2, 0) is 0 Å². The van der Waals surface area contributed by atoms with Gasteiger partial charge in [0.15, 0.2) is 5.88 Å². The zero-order valence-electron chi connectivity index (χ0n) is 12.4. The summed E-state index contributed by atoms with van der Waals surface area (Å²) in [5, 5.41) is 20.4. The van der Waals surface area contributed by atoms with E-state index in [1.54, 1.807) is 0 Å². The van der Waals surface area contributed by atoms with Gasteiger partial charge in [-0.15, -0.1) is 0 Å². The third kappa shape index (κ3) is 1.83. The Labute approximate surface area is 137 Å². The largest absolute Gasteiger partial charge is 0.494 e. The van der Waals surface area contributed by atoms with Crippen molar-refractivity contribution in [2.24, 2.45) is 4.99 Å². The number of aromatic nitrogens is 1. The highest BCUT2D eigenvalue weighted by atomic mass is 16.3. The number of H-pyrrole nitrogens is 1. The van der Waals surface area contributed by atoms with Crippen LogP contribution in [0.2, 0.25) is 0 Å². The first kappa shape index (κ1) is 13.8. The Hall–Kier alpha value is -3.83. The van der Waals surface area contributed by atoms with E-state index in [2.05, 4.69) is 14.8 Å². The summed E-state index contributed by atoms with van der Waals surface area (Å²) < 4.78 is 0. The highest BCUT2D eigenvalue weighted by molar-refractivity contribution is 6.26. The molecule has 1 aromatic heterocycles. The van der Waals surface area contributed by atoms with E-state index in [9.17, 15) is 10.4 Å². The minimum atomic E-state index is -0.0585. The molecule has 0 unspecified atom stereocenters. The van der Waals surface area contributed by atoms with Crippen molar-refractivity contribution in [3.05, 3.63) is 82.3 Å². The summed E-state index contributed by atoms with van der Waals surface area (Å²) in [5.41, 5.74) is 3.75. The second-order valence-corrected chi connectivity index (χ2v) is 5.32. The second kappa shape index (κ2) is 5.12. The van der Waals surface area contributed by atoms with Gasteiger partial charge in [0.25, 0.3) is 5.70 Å². The molecule has 0 saturated heterocycles. The third-order valence-corrected chi connectivity index (χ3v) is 4.03. The Morgan fingerprint density at radius 1 is 1.12 bits per heavy atom. The summed E-state index contributed by atoms with van der Waals surface area (Å²) in [5.74, 6) is 0.0207. The quantitative estimate of drug-likeness (QED) is 0.529. The van der Waals surface area contributed by atoms with Crippen molar-refractivity contribution in [2.75, 3.05) is 0 Å². The highest BCUT2D eigenvalue weighted by Crippen LogP contribution is 2.38. The van der Waals surface area contributed by atoms with Gasteiger partial charge >= 0.3 is 0 Å².